The standard InChI is InChI=1S/C11H12N4O2S/c1-6-10(18-15-14-6)11(16)13-8-5-7(12)3-4-9(8)17-2/h3-5H,12H2,1-2H3,(H,13,16). The number of anilines is 2. The molecule has 0 aliphatic heterocycles. The van der Waals surface area contributed by atoms with Gasteiger partial charge in [-0.1, -0.05) is 4.49 Å². The highest BCUT2D eigenvalue weighted by Gasteiger charge is 2.15. The van der Waals surface area contributed by atoms with Crippen molar-refractivity contribution in [2.24, 2.45) is 0 Å². The van der Waals surface area contributed by atoms with Crippen LogP contribution >= 0.6 is 11.5 Å². The summed E-state index contributed by atoms with van der Waals surface area (Å²) in [4.78, 5) is 12.5. The molecule has 0 bridgehead atoms. The van der Waals surface area contributed by atoms with Gasteiger partial charge >= 0.3 is 0 Å². The van der Waals surface area contributed by atoms with Crippen molar-refractivity contribution in [2.45, 2.75) is 6.92 Å². The summed E-state index contributed by atoms with van der Waals surface area (Å²) in [7, 11) is 1.53. The molecule has 2 rings (SSSR count). The van der Waals surface area contributed by atoms with Gasteiger partial charge in [0.2, 0.25) is 0 Å². The normalized spacial score (nSPS) is 10.1. The van der Waals surface area contributed by atoms with Crippen LogP contribution in [0.4, 0.5) is 11.4 Å². The molecule has 1 aromatic heterocycles. The molecule has 2 aromatic rings. The molecule has 0 saturated heterocycles. The van der Waals surface area contributed by atoms with Gasteiger partial charge in [0.05, 0.1) is 18.5 Å². The predicted octanol–water partition coefficient (Wildman–Crippen LogP) is 1.69. The molecule has 0 saturated carbocycles. The fourth-order valence-corrected chi connectivity index (χ4v) is 1.99. The van der Waals surface area contributed by atoms with E-state index in [9.17, 15) is 4.79 Å². The molecule has 0 aliphatic carbocycles. The molecule has 3 N–H and O–H groups in total. The highest BCUT2D eigenvalue weighted by molar-refractivity contribution is 7.08. The first-order valence-electron chi connectivity index (χ1n) is 5.15. The average Bonchev–Trinajstić information content (AvgIpc) is 2.76. The van der Waals surface area contributed by atoms with Crippen LogP contribution in [0, 0.1) is 6.92 Å². The Bertz CT molecular complexity index is 582. The quantitative estimate of drug-likeness (QED) is 0.823. The van der Waals surface area contributed by atoms with Gasteiger partial charge in [-0.3, -0.25) is 4.79 Å². The molecule has 0 spiro atoms. The number of nitrogen functional groups attached to an aromatic ring is 1. The number of amides is 1. The van der Waals surface area contributed by atoms with Gasteiger partial charge in [-0.2, -0.15) is 0 Å². The molecule has 0 unspecified atom stereocenters. The Morgan fingerprint density at radius 1 is 1.50 bits per heavy atom. The number of rotatable bonds is 3. The monoisotopic (exact) mass is 264 g/mol. The number of hydrogen-bond acceptors (Lipinski definition) is 6. The van der Waals surface area contributed by atoms with Crippen LogP contribution in [0.15, 0.2) is 18.2 Å². The minimum absolute atomic E-state index is 0.272. The zero-order chi connectivity index (χ0) is 13.1. The number of methoxy groups -OCH3 is 1. The molecular weight excluding hydrogens is 252 g/mol. The number of carbonyl (C=O) groups is 1. The number of aryl methyl sites for hydroxylation is 1. The van der Waals surface area contributed by atoms with Crippen molar-refractivity contribution in [1.82, 2.24) is 9.59 Å². The first-order valence-corrected chi connectivity index (χ1v) is 5.93. The van der Waals surface area contributed by atoms with Crippen molar-refractivity contribution < 1.29 is 9.53 Å². The molecular formula is C11H12N4O2S. The lowest BCUT2D eigenvalue weighted by Crippen LogP contribution is -2.12. The van der Waals surface area contributed by atoms with Gasteiger partial charge in [0.1, 0.15) is 10.6 Å². The van der Waals surface area contributed by atoms with Crippen LogP contribution in [0.3, 0.4) is 0 Å². The maximum Gasteiger partial charge on any atom is 0.269 e. The minimum Gasteiger partial charge on any atom is -0.495 e. The largest absolute Gasteiger partial charge is 0.495 e. The summed E-state index contributed by atoms with van der Waals surface area (Å²) in [6.45, 7) is 1.73. The van der Waals surface area contributed by atoms with E-state index in [4.69, 9.17) is 10.5 Å². The highest BCUT2D eigenvalue weighted by Crippen LogP contribution is 2.27. The van der Waals surface area contributed by atoms with E-state index in [1.165, 1.54) is 7.11 Å². The van der Waals surface area contributed by atoms with Gasteiger partial charge < -0.3 is 15.8 Å². The fraction of sp³-hybridized carbons (Fsp3) is 0.182. The maximum absolute atomic E-state index is 12.0. The molecule has 0 fully saturated rings. The van der Waals surface area contributed by atoms with Crippen molar-refractivity contribution in [3.8, 4) is 5.75 Å². The Labute approximate surface area is 108 Å². The van der Waals surface area contributed by atoms with Crippen LogP contribution in [-0.2, 0) is 0 Å². The number of carbonyl (C=O) groups excluding carboxylic acids is 1. The molecule has 1 heterocycles. The van der Waals surface area contributed by atoms with E-state index in [2.05, 4.69) is 14.9 Å². The maximum atomic E-state index is 12.0. The van der Waals surface area contributed by atoms with Gasteiger partial charge in [0, 0.05) is 5.69 Å². The second kappa shape index (κ2) is 5.01. The van der Waals surface area contributed by atoms with Crippen molar-refractivity contribution in [1.29, 1.82) is 0 Å². The van der Waals surface area contributed by atoms with Crippen LogP contribution < -0.4 is 15.8 Å². The number of nitrogens with two attached hydrogens (primary N) is 1. The lowest BCUT2D eigenvalue weighted by atomic mass is 10.2. The van der Waals surface area contributed by atoms with Gasteiger partial charge in [-0.05, 0) is 36.7 Å². The van der Waals surface area contributed by atoms with Gasteiger partial charge in [0.15, 0.2) is 0 Å². The van der Waals surface area contributed by atoms with E-state index in [0.717, 1.165) is 11.5 Å². The number of hydrogen-bond donors (Lipinski definition) is 2. The summed E-state index contributed by atoms with van der Waals surface area (Å²) in [5.41, 5.74) is 7.35. The molecule has 94 valence electrons. The minimum atomic E-state index is -0.272. The molecule has 0 radical (unpaired) electrons. The third kappa shape index (κ3) is 2.40. The molecule has 18 heavy (non-hydrogen) atoms. The molecule has 0 aliphatic rings. The van der Waals surface area contributed by atoms with E-state index in [1.807, 2.05) is 0 Å². The highest BCUT2D eigenvalue weighted by atomic mass is 32.1. The van der Waals surface area contributed by atoms with Crippen molar-refractivity contribution in [2.75, 3.05) is 18.2 Å². The molecule has 1 amide bonds. The van der Waals surface area contributed by atoms with E-state index in [-0.39, 0.29) is 5.91 Å². The summed E-state index contributed by atoms with van der Waals surface area (Å²) in [5, 5.41) is 6.52. The Balaban J connectivity index is 2.27. The summed E-state index contributed by atoms with van der Waals surface area (Å²) < 4.78 is 8.87. The average molecular weight is 264 g/mol. The van der Waals surface area contributed by atoms with Crippen LogP contribution in [0.25, 0.3) is 0 Å². The van der Waals surface area contributed by atoms with Crippen LogP contribution in [0.5, 0.6) is 5.75 Å². The lowest BCUT2D eigenvalue weighted by Gasteiger charge is -2.10. The van der Waals surface area contributed by atoms with E-state index in [0.29, 0.717) is 27.7 Å². The third-order valence-corrected chi connectivity index (χ3v) is 3.16. The predicted molar refractivity (Wildman–Crippen MR) is 70.0 cm³/mol. The summed E-state index contributed by atoms with van der Waals surface area (Å²) >= 11 is 1.05. The van der Waals surface area contributed by atoms with E-state index in [1.54, 1.807) is 25.1 Å². The lowest BCUT2D eigenvalue weighted by molar-refractivity contribution is 0.102. The summed E-state index contributed by atoms with van der Waals surface area (Å²) in [6.07, 6.45) is 0. The van der Waals surface area contributed by atoms with Crippen LogP contribution in [0.1, 0.15) is 15.4 Å². The SMILES string of the molecule is COc1ccc(N)cc1NC(=O)c1snnc1C. The zero-order valence-corrected chi connectivity index (χ0v) is 10.7. The van der Waals surface area contributed by atoms with Gasteiger partial charge in [-0.15, -0.1) is 5.10 Å². The van der Waals surface area contributed by atoms with E-state index < -0.39 is 0 Å². The first kappa shape index (κ1) is 12.3. The van der Waals surface area contributed by atoms with Crippen molar-refractivity contribution in [3.63, 3.8) is 0 Å². The van der Waals surface area contributed by atoms with Gasteiger partial charge in [0.25, 0.3) is 5.91 Å². The van der Waals surface area contributed by atoms with Crippen LogP contribution in [-0.4, -0.2) is 22.6 Å². The first-order chi connectivity index (χ1) is 8.61. The Kier molecular flexibility index (Phi) is 3.42. The summed E-state index contributed by atoms with van der Waals surface area (Å²) in [5.74, 6) is 0.277. The zero-order valence-electron chi connectivity index (χ0n) is 9.93. The Morgan fingerprint density at radius 3 is 2.89 bits per heavy atom. The second-order valence-electron chi connectivity index (χ2n) is 3.60. The molecule has 1 aromatic carbocycles. The number of aromatic nitrogens is 2. The van der Waals surface area contributed by atoms with E-state index >= 15 is 0 Å². The van der Waals surface area contributed by atoms with Gasteiger partial charge in [-0.25, -0.2) is 0 Å². The number of nitrogens with zero attached hydrogens (tertiary/aromatic N) is 2. The number of benzene rings is 1. The Hall–Kier alpha value is -2.15. The number of nitrogens with one attached hydrogen (secondary N) is 1. The van der Waals surface area contributed by atoms with Crippen molar-refractivity contribution in [3.05, 3.63) is 28.8 Å². The second-order valence-corrected chi connectivity index (χ2v) is 4.36. The fourth-order valence-electron chi connectivity index (χ4n) is 1.44. The topological polar surface area (TPSA) is 90.1 Å². The summed E-state index contributed by atoms with van der Waals surface area (Å²) in [6, 6.07) is 5.04. The molecule has 0 atom stereocenters. The third-order valence-electron chi connectivity index (χ3n) is 2.33. The molecule has 6 nitrogen and oxygen atoms in total. The molecule has 7 heteroatoms. The van der Waals surface area contributed by atoms with Crippen LogP contribution in [0.2, 0.25) is 0 Å². The number of ether oxygens (including phenoxy) is 1. The Morgan fingerprint density at radius 2 is 2.28 bits per heavy atom. The smallest absolute Gasteiger partial charge is 0.269 e. The van der Waals surface area contributed by atoms with Crippen molar-refractivity contribution >= 4 is 28.8 Å².